The molecule has 7 heteroatoms. The molecule has 20 heavy (non-hydrogen) atoms. The zero-order valence-corrected chi connectivity index (χ0v) is 12.0. The van der Waals surface area contributed by atoms with Gasteiger partial charge in [0, 0.05) is 25.5 Å². The van der Waals surface area contributed by atoms with E-state index in [1.807, 2.05) is 13.8 Å². The quantitative estimate of drug-likeness (QED) is 0.726. The number of amides is 1. The van der Waals surface area contributed by atoms with Gasteiger partial charge in [0.2, 0.25) is 5.95 Å². The number of rotatable bonds is 7. The predicted molar refractivity (Wildman–Crippen MR) is 74.2 cm³/mol. The van der Waals surface area contributed by atoms with E-state index in [4.69, 9.17) is 4.74 Å². The molecular weight excluding hydrogens is 260 g/mol. The maximum Gasteiger partial charge on any atom is 0.326 e. The first-order valence-electron chi connectivity index (χ1n) is 6.46. The fraction of sp³-hybridized carbons (Fsp3) is 0.538. The van der Waals surface area contributed by atoms with Crippen LogP contribution in [0.5, 0.6) is 0 Å². The molecule has 1 atom stereocenters. The maximum atomic E-state index is 11.6. The Bertz CT molecular complexity index is 439. The van der Waals surface area contributed by atoms with Gasteiger partial charge in [-0.1, -0.05) is 6.92 Å². The van der Waals surface area contributed by atoms with Gasteiger partial charge in [-0.15, -0.1) is 0 Å². The number of anilines is 1. The molecule has 1 aromatic heterocycles. The number of carbonyl (C=O) groups is 2. The van der Waals surface area contributed by atoms with Crippen LogP contribution in [0.25, 0.3) is 0 Å². The number of ether oxygens (including phenoxy) is 1. The first-order chi connectivity index (χ1) is 9.52. The Kier molecular flexibility index (Phi) is 6.42. The van der Waals surface area contributed by atoms with Gasteiger partial charge in [0.1, 0.15) is 6.54 Å². The highest BCUT2D eigenvalue weighted by molar-refractivity contribution is 5.82. The molecule has 1 unspecified atom stereocenters. The largest absolute Gasteiger partial charge is 0.454 e. The highest BCUT2D eigenvalue weighted by Crippen LogP contribution is 2.01. The van der Waals surface area contributed by atoms with E-state index in [0.29, 0.717) is 5.95 Å². The highest BCUT2D eigenvalue weighted by atomic mass is 16.5. The second-order valence-electron chi connectivity index (χ2n) is 4.44. The van der Waals surface area contributed by atoms with Crippen LogP contribution in [0.2, 0.25) is 0 Å². The summed E-state index contributed by atoms with van der Waals surface area (Å²) in [6.07, 6.45) is 4.00. The first kappa shape index (κ1) is 15.9. The molecule has 1 heterocycles. The summed E-state index contributed by atoms with van der Waals surface area (Å²) >= 11 is 0. The van der Waals surface area contributed by atoms with E-state index in [0.717, 1.165) is 6.42 Å². The number of likely N-dealkylation sites (N-methyl/N-ethyl adjacent to an activating group) is 1. The van der Waals surface area contributed by atoms with Gasteiger partial charge in [0.05, 0.1) is 0 Å². The molecule has 110 valence electrons. The van der Waals surface area contributed by atoms with E-state index >= 15 is 0 Å². The number of aromatic nitrogens is 2. The van der Waals surface area contributed by atoms with Crippen LogP contribution in [0.3, 0.4) is 0 Å². The van der Waals surface area contributed by atoms with Gasteiger partial charge in [-0.25, -0.2) is 9.97 Å². The molecule has 0 aromatic carbocycles. The summed E-state index contributed by atoms with van der Waals surface area (Å²) in [5, 5.41) is 2.72. The molecule has 0 saturated carbocycles. The van der Waals surface area contributed by atoms with Crippen molar-refractivity contribution in [2.75, 3.05) is 25.1 Å². The van der Waals surface area contributed by atoms with E-state index < -0.39 is 5.97 Å². The number of hydrogen-bond donors (Lipinski definition) is 1. The van der Waals surface area contributed by atoms with Crippen LogP contribution >= 0.6 is 0 Å². The number of nitrogens with zero attached hydrogens (tertiary/aromatic N) is 3. The monoisotopic (exact) mass is 280 g/mol. The molecular formula is C13H20N4O3. The van der Waals surface area contributed by atoms with Crippen molar-refractivity contribution in [1.82, 2.24) is 15.3 Å². The van der Waals surface area contributed by atoms with Gasteiger partial charge in [0.25, 0.3) is 5.91 Å². The van der Waals surface area contributed by atoms with Crippen LogP contribution in [0.15, 0.2) is 18.5 Å². The van der Waals surface area contributed by atoms with Crippen LogP contribution in [-0.2, 0) is 14.3 Å². The third-order valence-electron chi connectivity index (χ3n) is 2.64. The minimum absolute atomic E-state index is 0.0133. The second kappa shape index (κ2) is 8.08. The van der Waals surface area contributed by atoms with Gasteiger partial charge in [-0.3, -0.25) is 9.59 Å². The Hall–Kier alpha value is -2.18. The fourth-order valence-electron chi connectivity index (χ4n) is 1.36. The van der Waals surface area contributed by atoms with Gasteiger partial charge in [-0.05, 0) is 19.4 Å². The summed E-state index contributed by atoms with van der Waals surface area (Å²) < 4.78 is 4.89. The van der Waals surface area contributed by atoms with Crippen LogP contribution in [0.1, 0.15) is 20.3 Å². The summed E-state index contributed by atoms with van der Waals surface area (Å²) in [4.78, 5) is 32.6. The zero-order valence-electron chi connectivity index (χ0n) is 12.0. The number of esters is 1. The van der Waals surface area contributed by atoms with Gasteiger partial charge in [0.15, 0.2) is 6.61 Å². The maximum absolute atomic E-state index is 11.6. The predicted octanol–water partition coefficient (Wildman–Crippen LogP) is 0.371. The average molecular weight is 280 g/mol. The molecule has 0 bridgehead atoms. The first-order valence-corrected chi connectivity index (χ1v) is 6.46. The normalized spacial score (nSPS) is 11.6. The Morgan fingerprint density at radius 1 is 1.40 bits per heavy atom. The number of hydrogen-bond acceptors (Lipinski definition) is 6. The zero-order chi connectivity index (χ0) is 15.0. The minimum atomic E-state index is -0.501. The van der Waals surface area contributed by atoms with E-state index in [2.05, 4.69) is 15.3 Å². The standard InChI is InChI=1S/C13H20N4O3/c1-4-10(2)16-11(18)9-20-12(19)8-17(3)13-14-6-5-7-15-13/h5-7,10H,4,8-9H2,1-3H3,(H,16,18). The van der Waals surface area contributed by atoms with Gasteiger partial charge >= 0.3 is 5.97 Å². The Balaban J connectivity index is 2.32. The van der Waals surface area contributed by atoms with Crippen LogP contribution in [0, 0.1) is 0 Å². The lowest BCUT2D eigenvalue weighted by Gasteiger charge is -2.16. The number of carbonyl (C=O) groups excluding carboxylic acids is 2. The van der Waals surface area contributed by atoms with Crippen molar-refractivity contribution in [2.24, 2.45) is 0 Å². The van der Waals surface area contributed by atoms with Crippen molar-refractivity contribution in [2.45, 2.75) is 26.3 Å². The van der Waals surface area contributed by atoms with Crippen molar-refractivity contribution in [3.63, 3.8) is 0 Å². The molecule has 1 N–H and O–H groups in total. The Labute approximate surface area is 118 Å². The Morgan fingerprint density at radius 3 is 2.65 bits per heavy atom. The molecule has 1 rings (SSSR count). The minimum Gasteiger partial charge on any atom is -0.454 e. The lowest BCUT2D eigenvalue weighted by molar-refractivity contribution is -0.147. The third kappa shape index (κ3) is 5.64. The third-order valence-corrected chi connectivity index (χ3v) is 2.64. The topological polar surface area (TPSA) is 84.4 Å². The van der Waals surface area contributed by atoms with E-state index in [9.17, 15) is 9.59 Å². The van der Waals surface area contributed by atoms with Crippen LogP contribution in [0.4, 0.5) is 5.95 Å². The summed E-state index contributed by atoms with van der Waals surface area (Å²) in [6, 6.07) is 1.76. The lowest BCUT2D eigenvalue weighted by Crippen LogP contribution is -2.36. The summed E-state index contributed by atoms with van der Waals surface area (Å²) in [5.41, 5.74) is 0. The number of nitrogens with one attached hydrogen (secondary N) is 1. The van der Waals surface area contributed by atoms with E-state index in [1.54, 1.807) is 30.4 Å². The van der Waals surface area contributed by atoms with Crippen LogP contribution in [-0.4, -0.2) is 48.1 Å². The van der Waals surface area contributed by atoms with Crippen molar-refractivity contribution in [3.05, 3.63) is 18.5 Å². The molecule has 0 aliphatic rings. The fourth-order valence-corrected chi connectivity index (χ4v) is 1.36. The molecule has 0 aliphatic heterocycles. The van der Waals surface area contributed by atoms with Gasteiger partial charge < -0.3 is 15.0 Å². The lowest BCUT2D eigenvalue weighted by atomic mass is 10.2. The molecule has 0 saturated heterocycles. The summed E-state index contributed by atoms with van der Waals surface area (Å²) in [5.74, 6) is -0.376. The van der Waals surface area contributed by atoms with Crippen molar-refractivity contribution in [3.8, 4) is 0 Å². The van der Waals surface area contributed by atoms with Gasteiger partial charge in [-0.2, -0.15) is 0 Å². The van der Waals surface area contributed by atoms with E-state index in [1.165, 1.54) is 0 Å². The van der Waals surface area contributed by atoms with Crippen molar-refractivity contribution >= 4 is 17.8 Å². The molecule has 0 radical (unpaired) electrons. The second-order valence-corrected chi connectivity index (χ2v) is 4.44. The highest BCUT2D eigenvalue weighted by Gasteiger charge is 2.13. The smallest absolute Gasteiger partial charge is 0.326 e. The van der Waals surface area contributed by atoms with Crippen molar-refractivity contribution in [1.29, 1.82) is 0 Å². The molecule has 0 fully saturated rings. The summed E-state index contributed by atoms with van der Waals surface area (Å²) in [6.45, 7) is 3.57. The molecule has 0 aliphatic carbocycles. The van der Waals surface area contributed by atoms with E-state index in [-0.39, 0.29) is 25.1 Å². The SMILES string of the molecule is CCC(C)NC(=O)COC(=O)CN(C)c1ncccn1. The average Bonchev–Trinajstić information content (AvgIpc) is 2.45. The molecule has 7 nitrogen and oxygen atoms in total. The van der Waals surface area contributed by atoms with Crippen LogP contribution < -0.4 is 10.2 Å². The molecule has 1 amide bonds. The summed E-state index contributed by atoms with van der Waals surface area (Å²) in [7, 11) is 1.68. The van der Waals surface area contributed by atoms with Crippen molar-refractivity contribution < 1.29 is 14.3 Å². The molecule has 1 aromatic rings. The molecule has 0 spiro atoms. The Morgan fingerprint density at radius 2 is 2.05 bits per heavy atom.